The highest BCUT2D eigenvalue weighted by Crippen LogP contribution is 2.08. The van der Waals surface area contributed by atoms with Crippen molar-refractivity contribution >= 4 is 11.7 Å². The number of H-pyrrole nitrogens is 1. The topological polar surface area (TPSA) is 102 Å². The zero-order chi connectivity index (χ0) is 13.1. The lowest BCUT2D eigenvalue weighted by atomic mass is 10.1. The number of hydrogen-bond donors (Lipinski definition) is 3. The smallest absolute Gasteiger partial charge is 0.242 e. The summed E-state index contributed by atoms with van der Waals surface area (Å²) in [6.07, 6.45) is 3.63. The summed E-state index contributed by atoms with van der Waals surface area (Å²) in [6, 6.07) is 1.17. The van der Waals surface area contributed by atoms with Gasteiger partial charge in [0.05, 0.1) is 18.1 Å². The average Bonchev–Trinajstić information content (AvgIpc) is 2.89. The second-order valence-corrected chi connectivity index (χ2v) is 4.17. The number of nitrogens with zero attached hydrogens (tertiary/aromatic N) is 3. The van der Waals surface area contributed by atoms with Gasteiger partial charge in [-0.3, -0.25) is 9.48 Å². The number of aromatic amines is 1. The van der Waals surface area contributed by atoms with Crippen molar-refractivity contribution in [2.45, 2.75) is 19.4 Å². The van der Waals surface area contributed by atoms with E-state index in [1.807, 2.05) is 6.92 Å². The lowest BCUT2D eigenvalue weighted by molar-refractivity contribution is -0.117. The molecule has 0 saturated heterocycles. The van der Waals surface area contributed by atoms with E-state index in [0.717, 1.165) is 11.4 Å². The van der Waals surface area contributed by atoms with Crippen molar-refractivity contribution in [3.63, 3.8) is 0 Å². The number of carbonyl (C=O) groups excluding carboxylic acids is 1. The largest absolute Gasteiger partial charge is 0.348 e. The number of anilines is 1. The number of carbonyl (C=O) groups is 1. The van der Waals surface area contributed by atoms with Gasteiger partial charge in [-0.2, -0.15) is 5.10 Å². The molecule has 2 rings (SSSR count). The zero-order valence-electron chi connectivity index (χ0n) is 10.3. The fourth-order valence-electron chi connectivity index (χ4n) is 1.67. The van der Waals surface area contributed by atoms with E-state index in [2.05, 4.69) is 20.4 Å². The van der Waals surface area contributed by atoms with Gasteiger partial charge in [-0.1, -0.05) is 0 Å². The van der Waals surface area contributed by atoms with Gasteiger partial charge in [0.15, 0.2) is 0 Å². The van der Waals surface area contributed by atoms with Crippen LogP contribution in [0.5, 0.6) is 0 Å². The normalized spacial score (nSPS) is 12.4. The monoisotopic (exact) mass is 248 g/mol. The van der Waals surface area contributed by atoms with Crippen LogP contribution in [-0.2, 0) is 18.3 Å². The van der Waals surface area contributed by atoms with Crippen LogP contribution >= 0.6 is 0 Å². The molecule has 0 spiro atoms. The second-order valence-electron chi connectivity index (χ2n) is 4.17. The maximum atomic E-state index is 11.9. The highest BCUT2D eigenvalue weighted by molar-refractivity contribution is 5.94. The third-order valence-corrected chi connectivity index (χ3v) is 2.58. The van der Waals surface area contributed by atoms with Crippen molar-refractivity contribution < 1.29 is 4.79 Å². The van der Waals surface area contributed by atoms with Gasteiger partial charge in [0.1, 0.15) is 5.82 Å². The molecule has 0 saturated carbocycles. The standard InChI is InChI=1S/C11H16N6O/c1-7-3-10(17(2)16-7)15-11(18)9(12)4-8-5-13-6-14-8/h3,5-6,9H,4,12H2,1-2H3,(H,13,14)(H,15,18)/t9-/m0/s1. The van der Waals surface area contributed by atoms with E-state index in [9.17, 15) is 4.79 Å². The van der Waals surface area contributed by atoms with Crippen LogP contribution in [0.15, 0.2) is 18.6 Å². The molecule has 7 heteroatoms. The average molecular weight is 248 g/mol. The summed E-state index contributed by atoms with van der Waals surface area (Å²) >= 11 is 0. The third-order valence-electron chi connectivity index (χ3n) is 2.58. The molecule has 0 unspecified atom stereocenters. The highest BCUT2D eigenvalue weighted by atomic mass is 16.2. The maximum absolute atomic E-state index is 11.9. The molecule has 1 atom stereocenters. The van der Waals surface area contributed by atoms with Crippen LogP contribution in [-0.4, -0.2) is 31.7 Å². The molecular weight excluding hydrogens is 232 g/mol. The van der Waals surface area contributed by atoms with Crippen LogP contribution in [0.1, 0.15) is 11.4 Å². The number of aromatic nitrogens is 4. The van der Waals surface area contributed by atoms with Gasteiger partial charge >= 0.3 is 0 Å². The van der Waals surface area contributed by atoms with Crippen molar-refractivity contribution in [2.75, 3.05) is 5.32 Å². The quantitative estimate of drug-likeness (QED) is 0.706. The Hall–Kier alpha value is -2.15. The molecule has 0 aromatic carbocycles. The Balaban J connectivity index is 1.97. The van der Waals surface area contributed by atoms with Crippen molar-refractivity contribution in [1.29, 1.82) is 0 Å². The highest BCUT2D eigenvalue weighted by Gasteiger charge is 2.16. The maximum Gasteiger partial charge on any atom is 0.242 e. The van der Waals surface area contributed by atoms with Crippen LogP contribution in [0.2, 0.25) is 0 Å². The Kier molecular flexibility index (Phi) is 3.42. The van der Waals surface area contributed by atoms with Gasteiger partial charge in [-0.25, -0.2) is 4.98 Å². The number of rotatable bonds is 4. The lowest BCUT2D eigenvalue weighted by Gasteiger charge is -2.11. The molecule has 96 valence electrons. The van der Waals surface area contributed by atoms with E-state index in [4.69, 9.17) is 5.73 Å². The van der Waals surface area contributed by atoms with Crippen LogP contribution in [0.3, 0.4) is 0 Å². The summed E-state index contributed by atoms with van der Waals surface area (Å²) in [5.74, 6) is 0.394. The lowest BCUT2D eigenvalue weighted by Crippen LogP contribution is -2.38. The SMILES string of the molecule is Cc1cc(NC(=O)[C@@H](N)Cc2cnc[nH]2)n(C)n1. The van der Waals surface area contributed by atoms with E-state index in [1.165, 1.54) is 0 Å². The van der Waals surface area contributed by atoms with Crippen molar-refractivity contribution in [2.24, 2.45) is 12.8 Å². The van der Waals surface area contributed by atoms with Crippen molar-refractivity contribution in [1.82, 2.24) is 19.7 Å². The number of aryl methyl sites for hydroxylation is 2. The van der Waals surface area contributed by atoms with Gasteiger partial charge in [0.2, 0.25) is 5.91 Å². The molecule has 2 heterocycles. The van der Waals surface area contributed by atoms with Crippen molar-refractivity contribution in [3.05, 3.63) is 30.0 Å². The van der Waals surface area contributed by atoms with Crippen molar-refractivity contribution in [3.8, 4) is 0 Å². The Morgan fingerprint density at radius 3 is 3.00 bits per heavy atom. The van der Waals surface area contributed by atoms with Gasteiger partial charge in [-0.05, 0) is 6.92 Å². The van der Waals surface area contributed by atoms with E-state index in [0.29, 0.717) is 12.2 Å². The predicted molar refractivity (Wildman–Crippen MR) is 66.8 cm³/mol. The molecule has 18 heavy (non-hydrogen) atoms. The first-order valence-electron chi connectivity index (χ1n) is 5.60. The fraction of sp³-hybridized carbons (Fsp3) is 0.364. The Labute approximate surface area is 104 Å². The summed E-state index contributed by atoms with van der Waals surface area (Å²) in [5, 5.41) is 6.89. The van der Waals surface area contributed by atoms with Gasteiger partial charge in [-0.15, -0.1) is 0 Å². The summed E-state index contributed by atoms with van der Waals surface area (Å²) in [5.41, 5.74) is 7.50. The first-order chi connectivity index (χ1) is 8.56. The number of amides is 1. The summed E-state index contributed by atoms with van der Waals surface area (Å²) < 4.78 is 1.61. The molecule has 0 radical (unpaired) electrons. The predicted octanol–water partition coefficient (Wildman–Crippen LogP) is -0.0399. The molecule has 4 N–H and O–H groups in total. The summed E-state index contributed by atoms with van der Waals surface area (Å²) in [4.78, 5) is 18.7. The van der Waals surface area contributed by atoms with Crippen LogP contribution in [0.4, 0.5) is 5.82 Å². The fourth-order valence-corrected chi connectivity index (χ4v) is 1.67. The van der Waals surface area contributed by atoms with Crippen LogP contribution in [0, 0.1) is 6.92 Å². The Morgan fingerprint density at radius 2 is 2.44 bits per heavy atom. The van der Waals surface area contributed by atoms with Gasteiger partial charge in [0.25, 0.3) is 0 Å². The summed E-state index contributed by atoms with van der Waals surface area (Å²) in [7, 11) is 1.77. The number of nitrogens with one attached hydrogen (secondary N) is 2. The minimum atomic E-state index is -0.624. The van der Waals surface area contributed by atoms with Crippen LogP contribution in [0.25, 0.3) is 0 Å². The first-order valence-corrected chi connectivity index (χ1v) is 5.60. The van der Waals surface area contributed by atoms with E-state index in [-0.39, 0.29) is 5.91 Å². The molecule has 0 bridgehead atoms. The zero-order valence-corrected chi connectivity index (χ0v) is 10.3. The minimum absolute atomic E-state index is 0.243. The van der Waals surface area contributed by atoms with Gasteiger partial charge in [0, 0.05) is 31.4 Å². The third kappa shape index (κ3) is 2.75. The number of nitrogens with two attached hydrogens (primary N) is 1. The molecule has 2 aromatic rings. The molecule has 2 aromatic heterocycles. The molecule has 0 aliphatic heterocycles. The molecular formula is C11H16N6O. The Bertz CT molecular complexity index is 530. The first kappa shape index (κ1) is 12.3. The second kappa shape index (κ2) is 5.01. The minimum Gasteiger partial charge on any atom is -0.348 e. The van der Waals surface area contributed by atoms with E-state index in [1.54, 1.807) is 30.3 Å². The number of imidazole rings is 1. The van der Waals surface area contributed by atoms with Crippen LogP contribution < -0.4 is 11.1 Å². The molecule has 0 aliphatic carbocycles. The molecule has 0 aliphatic rings. The molecule has 0 fully saturated rings. The van der Waals surface area contributed by atoms with E-state index < -0.39 is 6.04 Å². The number of hydrogen-bond acceptors (Lipinski definition) is 4. The molecule has 7 nitrogen and oxygen atoms in total. The summed E-state index contributed by atoms with van der Waals surface area (Å²) in [6.45, 7) is 1.86. The van der Waals surface area contributed by atoms with E-state index >= 15 is 0 Å². The van der Waals surface area contributed by atoms with Gasteiger partial charge < -0.3 is 16.0 Å². The Morgan fingerprint density at radius 1 is 1.67 bits per heavy atom. The molecule has 1 amide bonds.